The van der Waals surface area contributed by atoms with Crippen molar-refractivity contribution < 1.29 is 19.4 Å². The molecule has 7 rings (SSSR count). The number of esters is 1. The zero-order valence-corrected chi connectivity index (χ0v) is 28.5. The Kier molecular flexibility index (Phi) is 7.88. The standard InChI is InChI=1S/C36H45N9O4/c1-6-34(4)15-26(35(5)20(2)11-13-36(21(3)30(34)48)14-12-25(46)29(35)36)49-27(47)18-45-17-24(42-43-45)23-9-7-22(8-10-23)16-44-19-39-28-31(37)40-33(38)41-32(28)44/h6-10,17,19-21,26,29-30,48H,1,11-16,18H2,2-5H3,(H4,37,38,40,41)/t20?,21-,26+,29-,30-,34+,35-,36-/m0/s1. The summed E-state index contributed by atoms with van der Waals surface area (Å²) in [5.41, 5.74) is 13.6. The van der Waals surface area contributed by atoms with Crippen LogP contribution in [0.25, 0.3) is 22.4 Å². The van der Waals surface area contributed by atoms with Gasteiger partial charge in [-0.2, -0.15) is 9.97 Å². The lowest BCUT2D eigenvalue weighted by Gasteiger charge is -2.61. The molecule has 258 valence electrons. The number of rotatable bonds is 7. The van der Waals surface area contributed by atoms with Crippen LogP contribution in [0.15, 0.2) is 49.4 Å². The largest absolute Gasteiger partial charge is 0.460 e. The van der Waals surface area contributed by atoms with E-state index in [0.29, 0.717) is 36.2 Å². The number of Topliss-reactive ketones (excluding diaryl/α,β-unsaturated/α-hetero) is 1. The van der Waals surface area contributed by atoms with Crippen molar-refractivity contribution in [3.8, 4) is 11.3 Å². The highest BCUT2D eigenvalue weighted by Crippen LogP contribution is 2.68. The molecule has 3 saturated carbocycles. The van der Waals surface area contributed by atoms with Crippen LogP contribution in [-0.2, 0) is 27.4 Å². The number of ketones is 1. The van der Waals surface area contributed by atoms with E-state index >= 15 is 0 Å². The number of nitrogen functional groups attached to an aromatic ring is 2. The SMILES string of the molecule is C=C[C@]1(C)C[C@@H](OC(=O)Cn2cc(-c3ccc(Cn4cnc5c(N)nc(N)nc54)cc3)nn2)[C@]2(C)C(C)CC[C@]3(CCC(=O)[C@H]32)[C@@H](C)[C@@H]1O. The van der Waals surface area contributed by atoms with Gasteiger partial charge in [-0.3, -0.25) is 9.59 Å². The van der Waals surface area contributed by atoms with Gasteiger partial charge in [0.25, 0.3) is 0 Å². The van der Waals surface area contributed by atoms with Crippen molar-refractivity contribution in [1.29, 1.82) is 0 Å². The van der Waals surface area contributed by atoms with E-state index in [0.717, 1.165) is 30.4 Å². The smallest absolute Gasteiger partial charge is 0.328 e. The van der Waals surface area contributed by atoms with Gasteiger partial charge in [0, 0.05) is 28.7 Å². The molecule has 0 saturated heterocycles. The molecular weight excluding hydrogens is 622 g/mol. The monoisotopic (exact) mass is 667 g/mol. The van der Waals surface area contributed by atoms with E-state index in [1.165, 1.54) is 4.68 Å². The Morgan fingerprint density at radius 1 is 1.16 bits per heavy atom. The lowest BCUT2D eigenvalue weighted by atomic mass is 9.44. The third-order valence-corrected chi connectivity index (χ3v) is 12.5. The summed E-state index contributed by atoms with van der Waals surface area (Å²) in [5.74, 6) is -0.119. The van der Waals surface area contributed by atoms with Crippen molar-refractivity contribution in [1.82, 2.24) is 34.5 Å². The van der Waals surface area contributed by atoms with E-state index in [-0.39, 0.29) is 47.3 Å². The van der Waals surface area contributed by atoms with E-state index in [1.807, 2.05) is 35.8 Å². The van der Waals surface area contributed by atoms with Crippen LogP contribution in [0.4, 0.5) is 11.8 Å². The van der Waals surface area contributed by atoms with Gasteiger partial charge in [0.2, 0.25) is 5.95 Å². The molecule has 3 aromatic heterocycles. The molecule has 0 amide bonds. The highest BCUT2D eigenvalue weighted by molar-refractivity contribution is 5.86. The molecule has 3 aliphatic carbocycles. The first-order valence-electron chi connectivity index (χ1n) is 17.1. The van der Waals surface area contributed by atoms with Gasteiger partial charge in [-0.25, -0.2) is 9.67 Å². The maximum Gasteiger partial charge on any atom is 0.328 e. The van der Waals surface area contributed by atoms with Gasteiger partial charge in [0.15, 0.2) is 11.5 Å². The zero-order valence-electron chi connectivity index (χ0n) is 28.5. The second-order valence-corrected chi connectivity index (χ2v) is 15.1. The molecule has 1 aromatic carbocycles. The number of hydrogen-bond donors (Lipinski definition) is 3. The molecule has 3 aliphatic rings. The first-order valence-corrected chi connectivity index (χ1v) is 17.1. The minimum atomic E-state index is -0.715. The number of carbonyl (C=O) groups is 2. The molecule has 13 nitrogen and oxygen atoms in total. The Labute approximate surface area is 285 Å². The molecule has 0 radical (unpaired) electrons. The average Bonchev–Trinajstić information content (AvgIpc) is 3.80. The fraction of sp³-hybridized carbons (Fsp3) is 0.528. The molecule has 13 heteroatoms. The van der Waals surface area contributed by atoms with Crippen molar-refractivity contribution in [3.63, 3.8) is 0 Å². The van der Waals surface area contributed by atoms with E-state index < -0.39 is 29.0 Å². The number of anilines is 2. The lowest BCUT2D eigenvalue weighted by Crippen LogP contribution is -2.63. The summed E-state index contributed by atoms with van der Waals surface area (Å²) >= 11 is 0. The number of imidazole rings is 1. The van der Waals surface area contributed by atoms with Crippen molar-refractivity contribution >= 4 is 34.7 Å². The van der Waals surface area contributed by atoms with Crippen molar-refractivity contribution in [3.05, 3.63) is 55.0 Å². The third kappa shape index (κ3) is 5.20. The summed E-state index contributed by atoms with van der Waals surface area (Å²) < 4.78 is 9.71. The molecule has 5 N–H and O–H groups in total. The molecule has 4 aromatic rings. The van der Waals surface area contributed by atoms with Crippen LogP contribution in [0.1, 0.15) is 65.4 Å². The van der Waals surface area contributed by atoms with Crippen LogP contribution in [-0.4, -0.2) is 63.6 Å². The minimum Gasteiger partial charge on any atom is -0.460 e. The normalized spacial score (nSPS) is 32.8. The Hall–Kier alpha value is -4.65. The highest BCUT2D eigenvalue weighted by Gasteiger charge is 2.68. The summed E-state index contributed by atoms with van der Waals surface area (Å²) in [5, 5.41) is 20.3. The third-order valence-electron chi connectivity index (χ3n) is 12.5. The lowest BCUT2D eigenvalue weighted by molar-refractivity contribution is -0.207. The molecule has 2 bridgehead atoms. The molecular formula is C36H45N9O4. The number of ether oxygens (including phenoxy) is 1. The van der Waals surface area contributed by atoms with Gasteiger partial charge in [-0.05, 0) is 48.5 Å². The summed E-state index contributed by atoms with van der Waals surface area (Å²) in [4.78, 5) is 39.9. The van der Waals surface area contributed by atoms with Crippen molar-refractivity contribution in [2.75, 3.05) is 11.5 Å². The minimum absolute atomic E-state index is 0.0860. The molecule has 8 atom stereocenters. The Balaban J connectivity index is 1.09. The number of benzene rings is 1. The van der Waals surface area contributed by atoms with E-state index in [9.17, 15) is 14.7 Å². The van der Waals surface area contributed by atoms with Gasteiger partial charge >= 0.3 is 5.97 Å². The van der Waals surface area contributed by atoms with Gasteiger partial charge < -0.3 is 25.9 Å². The van der Waals surface area contributed by atoms with Crippen molar-refractivity contribution in [2.24, 2.45) is 34.0 Å². The fourth-order valence-electron chi connectivity index (χ4n) is 9.41. The van der Waals surface area contributed by atoms with E-state index in [1.54, 1.807) is 18.6 Å². The molecule has 0 aliphatic heterocycles. The summed E-state index contributed by atoms with van der Waals surface area (Å²) in [7, 11) is 0. The van der Waals surface area contributed by atoms with Crippen LogP contribution in [0.2, 0.25) is 0 Å². The molecule has 3 heterocycles. The molecule has 0 spiro atoms. The van der Waals surface area contributed by atoms with Crippen LogP contribution < -0.4 is 11.5 Å². The summed E-state index contributed by atoms with van der Waals surface area (Å²) in [6.07, 6.45) is 7.31. The van der Waals surface area contributed by atoms with Crippen molar-refractivity contribution in [2.45, 2.75) is 85.1 Å². The number of nitrogens with two attached hydrogens (primary N) is 2. The van der Waals surface area contributed by atoms with Crippen LogP contribution in [0.5, 0.6) is 0 Å². The quantitative estimate of drug-likeness (QED) is 0.189. The predicted octanol–water partition coefficient (Wildman–Crippen LogP) is 4.20. The van der Waals surface area contributed by atoms with Crippen LogP contribution >= 0.6 is 0 Å². The highest BCUT2D eigenvalue weighted by atomic mass is 16.5. The Morgan fingerprint density at radius 2 is 1.92 bits per heavy atom. The van der Waals surface area contributed by atoms with Gasteiger partial charge in [-0.15, -0.1) is 11.7 Å². The zero-order chi connectivity index (χ0) is 34.9. The number of aliphatic hydroxyl groups is 1. The summed E-state index contributed by atoms with van der Waals surface area (Å²) in [6.45, 7) is 12.9. The second kappa shape index (κ2) is 11.7. The van der Waals surface area contributed by atoms with E-state index in [2.05, 4.69) is 52.6 Å². The second-order valence-electron chi connectivity index (χ2n) is 15.1. The van der Waals surface area contributed by atoms with Gasteiger partial charge in [0.1, 0.15) is 29.6 Å². The molecule has 49 heavy (non-hydrogen) atoms. The van der Waals surface area contributed by atoms with Crippen LogP contribution in [0, 0.1) is 34.0 Å². The van der Waals surface area contributed by atoms with E-state index in [4.69, 9.17) is 16.2 Å². The maximum atomic E-state index is 13.7. The first-order chi connectivity index (χ1) is 23.3. The number of nitrogens with zero attached hydrogens (tertiary/aromatic N) is 7. The molecule has 1 unspecified atom stereocenters. The molecule has 3 fully saturated rings. The number of fused-ring (bicyclic) bond motifs is 1. The Morgan fingerprint density at radius 3 is 2.65 bits per heavy atom. The number of hydrogen-bond acceptors (Lipinski definition) is 11. The predicted molar refractivity (Wildman–Crippen MR) is 183 cm³/mol. The summed E-state index contributed by atoms with van der Waals surface area (Å²) in [6, 6.07) is 7.82. The average molecular weight is 668 g/mol. The van der Waals surface area contributed by atoms with Gasteiger partial charge in [-0.1, -0.05) is 63.2 Å². The number of aromatic nitrogens is 7. The fourth-order valence-corrected chi connectivity index (χ4v) is 9.41. The topological polar surface area (TPSA) is 190 Å². The number of carbonyl (C=O) groups excluding carboxylic acids is 2. The number of aliphatic hydroxyl groups excluding tert-OH is 1. The maximum absolute atomic E-state index is 13.7. The van der Waals surface area contributed by atoms with Crippen LogP contribution in [0.3, 0.4) is 0 Å². The Bertz CT molecular complexity index is 1940. The van der Waals surface area contributed by atoms with Gasteiger partial charge in [0.05, 0.1) is 25.2 Å². The first kappa shape index (κ1) is 32.9.